The molecule has 1 aromatic heterocycles. The Balaban J connectivity index is 2.41. The fraction of sp³-hybridized carbons (Fsp3) is 0.250. The molecule has 3 heteroatoms. The van der Waals surface area contributed by atoms with Crippen LogP contribution in [0, 0.1) is 10.8 Å². The number of aromatic nitrogens is 1. The van der Waals surface area contributed by atoms with Gasteiger partial charge >= 0.3 is 0 Å². The Labute approximate surface area is 103 Å². The van der Waals surface area contributed by atoms with Crippen LogP contribution in [0.5, 0.6) is 0 Å². The van der Waals surface area contributed by atoms with Crippen LogP contribution in [-0.4, -0.2) is 4.98 Å². The van der Waals surface area contributed by atoms with Gasteiger partial charge in [-0.15, -0.1) is 0 Å². The first kappa shape index (κ1) is 10.7. The predicted octanol–water partition coefficient (Wildman–Crippen LogP) is 3.82. The van der Waals surface area contributed by atoms with Gasteiger partial charge in [0, 0.05) is 28.2 Å². The summed E-state index contributed by atoms with van der Waals surface area (Å²) in [4.78, 5) is 4.36. The number of nitrogens with zero attached hydrogens (tertiary/aromatic N) is 1. The van der Waals surface area contributed by atoms with Crippen molar-refractivity contribution in [1.82, 2.24) is 4.98 Å². The molecule has 0 saturated heterocycles. The van der Waals surface area contributed by atoms with Gasteiger partial charge in [0.2, 0.25) is 0 Å². The summed E-state index contributed by atoms with van der Waals surface area (Å²) in [5, 5.41) is 0. The van der Waals surface area contributed by atoms with Crippen molar-refractivity contribution in [3.8, 4) is 11.3 Å². The summed E-state index contributed by atoms with van der Waals surface area (Å²) in [6, 6.07) is 8.46. The van der Waals surface area contributed by atoms with Gasteiger partial charge in [-0.25, -0.2) is 4.98 Å². The fourth-order valence-electron chi connectivity index (χ4n) is 1.53. The molecule has 15 heavy (non-hydrogen) atoms. The SMILES string of the molecule is CCc1ccc(-c2nc(I)oc2C)cc1. The van der Waals surface area contributed by atoms with E-state index in [1.807, 2.05) is 6.92 Å². The predicted molar refractivity (Wildman–Crippen MR) is 68.8 cm³/mol. The minimum absolute atomic E-state index is 0.694. The van der Waals surface area contributed by atoms with E-state index in [2.05, 4.69) is 58.8 Å². The lowest BCUT2D eigenvalue weighted by atomic mass is 10.1. The number of halogens is 1. The smallest absolute Gasteiger partial charge is 0.257 e. The average Bonchev–Trinajstić information content (AvgIpc) is 2.58. The van der Waals surface area contributed by atoms with Crippen LogP contribution in [0.15, 0.2) is 28.7 Å². The van der Waals surface area contributed by atoms with Gasteiger partial charge in [-0.2, -0.15) is 0 Å². The molecule has 0 atom stereocenters. The normalized spacial score (nSPS) is 10.6. The van der Waals surface area contributed by atoms with Crippen molar-refractivity contribution in [3.05, 3.63) is 39.5 Å². The molecule has 2 rings (SSSR count). The molecule has 0 N–H and O–H groups in total. The van der Waals surface area contributed by atoms with Crippen LogP contribution in [0.3, 0.4) is 0 Å². The maximum atomic E-state index is 5.40. The first-order valence-electron chi connectivity index (χ1n) is 4.93. The van der Waals surface area contributed by atoms with Crippen LogP contribution in [0.4, 0.5) is 0 Å². The van der Waals surface area contributed by atoms with E-state index < -0.39 is 0 Å². The van der Waals surface area contributed by atoms with Crippen molar-refractivity contribution in [3.63, 3.8) is 0 Å². The number of benzene rings is 1. The summed E-state index contributed by atoms with van der Waals surface area (Å²) >= 11 is 2.09. The highest BCUT2D eigenvalue weighted by molar-refractivity contribution is 14.1. The quantitative estimate of drug-likeness (QED) is 0.788. The van der Waals surface area contributed by atoms with Crippen molar-refractivity contribution in [2.24, 2.45) is 0 Å². The van der Waals surface area contributed by atoms with Crippen LogP contribution in [0.25, 0.3) is 11.3 Å². The van der Waals surface area contributed by atoms with E-state index in [-0.39, 0.29) is 0 Å². The second kappa shape index (κ2) is 4.35. The van der Waals surface area contributed by atoms with Crippen LogP contribution in [0.2, 0.25) is 0 Å². The zero-order valence-electron chi connectivity index (χ0n) is 8.75. The molecule has 0 unspecified atom stereocenters. The number of aryl methyl sites for hydroxylation is 2. The maximum Gasteiger partial charge on any atom is 0.257 e. The Morgan fingerprint density at radius 2 is 1.93 bits per heavy atom. The molecule has 0 aliphatic heterocycles. The lowest BCUT2D eigenvalue weighted by Crippen LogP contribution is -1.83. The lowest BCUT2D eigenvalue weighted by molar-refractivity contribution is 0.497. The molecule has 2 nitrogen and oxygen atoms in total. The zero-order chi connectivity index (χ0) is 10.8. The summed E-state index contributed by atoms with van der Waals surface area (Å²) in [6.45, 7) is 4.09. The fourth-order valence-corrected chi connectivity index (χ4v) is 2.10. The molecule has 0 spiro atoms. The Hall–Kier alpha value is -0.840. The number of oxazole rings is 1. The molecular weight excluding hydrogens is 301 g/mol. The zero-order valence-corrected chi connectivity index (χ0v) is 10.9. The van der Waals surface area contributed by atoms with Crippen molar-refractivity contribution in [2.75, 3.05) is 0 Å². The Kier molecular flexibility index (Phi) is 3.09. The molecule has 0 saturated carbocycles. The van der Waals surface area contributed by atoms with E-state index in [1.54, 1.807) is 0 Å². The highest BCUT2D eigenvalue weighted by Gasteiger charge is 2.09. The van der Waals surface area contributed by atoms with E-state index in [1.165, 1.54) is 5.56 Å². The standard InChI is InChI=1S/C12H12INO/c1-3-9-4-6-10(7-5-9)11-8(2)15-12(13)14-11/h4-7H,3H2,1-2H3. The Morgan fingerprint density at radius 3 is 2.40 bits per heavy atom. The van der Waals surface area contributed by atoms with Gasteiger partial charge in [-0.05, 0) is 18.9 Å². The van der Waals surface area contributed by atoms with E-state index in [9.17, 15) is 0 Å². The second-order valence-electron chi connectivity index (χ2n) is 3.42. The van der Waals surface area contributed by atoms with Crippen molar-refractivity contribution in [2.45, 2.75) is 20.3 Å². The van der Waals surface area contributed by atoms with Gasteiger partial charge in [0.15, 0.2) is 0 Å². The Morgan fingerprint density at radius 1 is 1.27 bits per heavy atom. The van der Waals surface area contributed by atoms with Crippen LogP contribution < -0.4 is 0 Å². The highest BCUT2D eigenvalue weighted by atomic mass is 127. The monoisotopic (exact) mass is 313 g/mol. The van der Waals surface area contributed by atoms with Crippen molar-refractivity contribution >= 4 is 22.6 Å². The molecule has 0 radical (unpaired) electrons. The van der Waals surface area contributed by atoms with Gasteiger partial charge in [0.25, 0.3) is 3.90 Å². The summed E-state index contributed by atoms with van der Waals surface area (Å²) in [5.74, 6) is 0.878. The molecule has 0 bridgehead atoms. The molecule has 2 aromatic rings. The lowest BCUT2D eigenvalue weighted by Gasteiger charge is -1.99. The highest BCUT2D eigenvalue weighted by Crippen LogP contribution is 2.24. The molecule has 1 aromatic carbocycles. The molecule has 0 aliphatic rings. The summed E-state index contributed by atoms with van der Waals surface area (Å²) in [6.07, 6.45) is 1.07. The summed E-state index contributed by atoms with van der Waals surface area (Å²) in [5.41, 5.74) is 3.41. The topological polar surface area (TPSA) is 26.0 Å². The third-order valence-corrected chi connectivity index (χ3v) is 2.87. The average molecular weight is 313 g/mol. The molecule has 0 amide bonds. The van der Waals surface area contributed by atoms with Crippen molar-refractivity contribution in [1.29, 1.82) is 0 Å². The van der Waals surface area contributed by atoms with Crippen LogP contribution in [0.1, 0.15) is 18.2 Å². The van der Waals surface area contributed by atoms with E-state index >= 15 is 0 Å². The van der Waals surface area contributed by atoms with Crippen molar-refractivity contribution < 1.29 is 4.42 Å². The van der Waals surface area contributed by atoms with Gasteiger partial charge in [0.05, 0.1) is 0 Å². The summed E-state index contributed by atoms with van der Waals surface area (Å²) < 4.78 is 6.10. The number of rotatable bonds is 2. The third-order valence-electron chi connectivity index (χ3n) is 2.41. The Bertz CT molecular complexity index is 459. The van der Waals surface area contributed by atoms with E-state index in [0.717, 1.165) is 23.4 Å². The molecular formula is C12H12INO. The summed E-state index contributed by atoms with van der Waals surface area (Å²) in [7, 11) is 0. The van der Waals surface area contributed by atoms with Gasteiger partial charge in [0.1, 0.15) is 11.5 Å². The molecule has 0 fully saturated rings. The minimum Gasteiger partial charge on any atom is -0.437 e. The van der Waals surface area contributed by atoms with E-state index in [0.29, 0.717) is 3.90 Å². The number of hydrogen-bond donors (Lipinski definition) is 0. The van der Waals surface area contributed by atoms with Gasteiger partial charge in [-0.1, -0.05) is 31.2 Å². The first-order valence-corrected chi connectivity index (χ1v) is 6.01. The van der Waals surface area contributed by atoms with E-state index in [4.69, 9.17) is 4.42 Å². The minimum atomic E-state index is 0.694. The maximum absolute atomic E-state index is 5.40. The van der Waals surface area contributed by atoms with Gasteiger partial charge < -0.3 is 4.42 Å². The van der Waals surface area contributed by atoms with Crippen LogP contribution >= 0.6 is 22.6 Å². The second-order valence-corrected chi connectivity index (χ2v) is 4.34. The molecule has 0 aliphatic carbocycles. The number of hydrogen-bond acceptors (Lipinski definition) is 2. The van der Waals surface area contributed by atoms with Gasteiger partial charge in [-0.3, -0.25) is 0 Å². The molecule has 1 heterocycles. The molecule has 78 valence electrons. The van der Waals surface area contributed by atoms with Crippen LogP contribution in [-0.2, 0) is 6.42 Å². The first-order chi connectivity index (χ1) is 7.20. The third kappa shape index (κ3) is 2.22. The largest absolute Gasteiger partial charge is 0.437 e.